The Bertz CT molecular complexity index is 812. The Kier molecular flexibility index (Phi) is 3.87. The molecule has 3 aromatic rings. The van der Waals surface area contributed by atoms with Crippen molar-refractivity contribution in [3.05, 3.63) is 60.8 Å². The molecule has 1 aromatic heterocycles. The van der Waals surface area contributed by atoms with Crippen molar-refractivity contribution in [1.82, 2.24) is 4.98 Å². The third-order valence-corrected chi connectivity index (χ3v) is 3.14. The molecule has 0 atom stereocenters. The van der Waals surface area contributed by atoms with Crippen LogP contribution in [0.4, 0.5) is 5.69 Å². The molecule has 1 amide bonds. The van der Waals surface area contributed by atoms with Crippen LogP contribution in [0.5, 0.6) is 11.5 Å². The number of carbonyl (C=O) groups is 1. The van der Waals surface area contributed by atoms with Crippen LogP contribution in [0.1, 0.15) is 0 Å². The molecule has 5 heteroatoms. The fraction of sp³-hybridized carbons (Fsp3) is 0.0588. The fourth-order valence-corrected chi connectivity index (χ4v) is 2.12. The number of hydrogen-bond acceptors (Lipinski definition) is 4. The number of carbonyl (C=O) groups excluding carboxylic acids is 1. The number of fused-ring (bicyclic) bond motifs is 1. The molecular weight excluding hydrogens is 280 g/mol. The third-order valence-electron chi connectivity index (χ3n) is 3.14. The molecule has 0 spiro atoms. The Labute approximate surface area is 127 Å². The second-order valence-electron chi connectivity index (χ2n) is 4.68. The average molecular weight is 294 g/mol. The summed E-state index contributed by atoms with van der Waals surface area (Å²) in [6.45, 7) is -0.186. The van der Waals surface area contributed by atoms with Gasteiger partial charge in [0.05, 0.1) is 11.2 Å². The normalized spacial score (nSPS) is 10.4. The van der Waals surface area contributed by atoms with Gasteiger partial charge in [-0.05, 0) is 36.4 Å². The molecule has 3 rings (SSSR count). The molecule has 0 saturated carbocycles. The van der Waals surface area contributed by atoms with Crippen LogP contribution < -0.4 is 10.1 Å². The van der Waals surface area contributed by atoms with Crippen LogP contribution in [0.25, 0.3) is 10.9 Å². The topological polar surface area (TPSA) is 71.5 Å². The van der Waals surface area contributed by atoms with Gasteiger partial charge in [-0.3, -0.25) is 9.78 Å². The highest BCUT2D eigenvalue weighted by molar-refractivity contribution is 6.01. The fourth-order valence-electron chi connectivity index (χ4n) is 2.12. The molecule has 110 valence electrons. The first kappa shape index (κ1) is 13.9. The van der Waals surface area contributed by atoms with E-state index >= 15 is 0 Å². The average Bonchev–Trinajstić information content (AvgIpc) is 2.54. The molecule has 0 aliphatic rings. The van der Waals surface area contributed by atoms with Crippen LogP contribution in [0.3, 0.4) is 0 Å². The van der Waals surface area contributed by atoms with Crippen LogP contribution in [-0.4, -0.2) is 22.6 Å². The number of amides is 1. The minimum atomic E-state index is -0.306. The van der Waals surface area contributed by atoms with Gasteiger partial charge in [0.1, 0.15) is 0 Å². The number of phenols is 1. The lowest BCUT2D eigenvalue weighted by Gasteiger charge is -2.10. The molecule has 5 nitrogen and oxygen atoms in total. The quantitative estimate of drug-likeness (QED) is 0.776. The SMILES string of the molecule is O=C(COc1ccccc1O)Nc1cccc2ncccc12. The van der Waals surface area contributed by atoms with Gasteiger partial charge in [0.2, 0.25) is 0 Å². The first-order chi connectivity index (χ1) is 10.7. The molecule has 0 fully saturated rings. The number of nitrogens with zero attached hydrogens (tertiary/aromatic N) is 1. The summed E-state index contributed by atoms with van der Waals surface area (Å²) in [6.07, 6.45) is 1.70. The summed E-state index contributed by atoms with van der Waals surface area (Å²) in [4.78, 5) is 16.2. The number of hydrogen-bond donors (Lipinski definition) is 2. The van der Waals surface area contributed by atoms with Crippen molar-refractivity contribution >= 4 is 22.5 Å². The molecule has 0 aliphatic heterocycles. The van der Waals surface area contributed by atoms with Gasteiger partial charge in [0.15, 0.2) is 18.1 Å². The lowest BCUT2D eigenvalue weighted by molar-refractivity contribution is -0.118. The lowest BCUT2D eigenvalue weighted by Crippen LogP contribution is -2.20. The number of rotatable bonds is 4. The van der Waals surface area contributed by atoms with Gasteiger partial charge >= 0.3 is 0 Å². The van der Waals surface area contributed by atoms with Crippen LogP contribution in [-0.2, 0) is 4.79 Å². The van der Waals surface area contributed by atoms with Crippen molar-refractivity contribution in [1.29, 1.82) is 0 Å². The predicted octanol–water partition coefficient (Wildman–Crippen LogP) is 2.96. The smallest absolute Gasteiger partial charge is 0.262 e. The monoisotopic (exact) mass is 294 g/mol. The number of anilines is 1. The molecule has 0 unspecified atom stereocenters. The van der Waals surface area contributed by atoms with Gasteiger partial charge in [-0.25, -0.2) is 0 Å². The highest BCUT2D eigenvalue weighted by atomic mass is 16.5. The van der Waals surface area contributed by atoms with Crippen molar-refractivity contribution in [2.75, 3.05) is 11.9 Å². The minimum Gasteiger partial charge on any atom is -0.504 e. The summed E-state index contributed by atoms with van der Waals surface area (Å²) in [7, 11) is 0. The van der Waals surface area contributed by atoms with E-state index in [4.69, 9.17) is 4.74 Å². The summed E-state index contributed by atoms with van der Waals surface area (Å²) in [5, 5.41) is 13.2. The van der Waals surface area contributed by atoms with Crippen molar-refractivity contribution in [3.8, 4) is 11.5 Å². The Morgan fingerprint density at radius 2 is 1.95 bits per heavy atom. The lowest BCUT2D eigenvalue weighted by atomic mass is 10.2. The summed E-state index contributed by atoms with van der Waals surface area (Å²) in [5.41, 5.74) is 1.48. The van der Waals surface area contributed by atoms with E-state index in [1.54, 1.807) is 24.4 Å². The number of aromatic hydroxyl groups is 1. The zero-order valence-electron chi connectivity index (χ0n) is 11.7. The first-order valence-corrected chi connectivity index (χ1v) is 6.78. The number of aromatic nitrogens is 1. The third kappa shape index (κ3) is 2.98. The molecule has 0 bridgehead atoms. The van der Waals surface area contributed by atoms with Crippen LogP contribution in [0.15, 0.2) is 60.8 Å². The van der Waals surface area contributed by atoms with E-state index in [9.17, 15) is 9.90 Å². The number of benzene rings is 2. The number of phenolic OH excluding ortho intramolecular Hbond substituents is 1. The molecule has 2 aromatic carbocycles. The summed E-state index contributed by atoms with van der Waals surface area (Å²) < 4.78 is 5.31. The first-order valence-electron chi connectivity index (χ1n) is 6.78. The number of nitrogens with one attached hydrogen (secondary N) is 1. The van der Waals surface area contributed by atoms with Crippen LogP contribution in [0.2, 0.25) is 0 Å². The van der Waals surface area contributed by atoms with E-state index in [1.165, 1.54) is 6.07 Å². The van der Waals surface area contributed by atoms with E-state index in [0.717, 1.165) is 10.9 Å². The van der Waals surface area contributed by atoms with Crippen molar-refractivity contribution in [2.24, 2.45) is 0 Å². The standard InChI is InChI=1S/C17H14N2O3/c20-15-8-1-2-9-16(15)22-11-17(21)19-14-7-3-6-13-12(14)5-4-10-18-13/h1-10,20H,11H2,(H,19,21). The summed E-state index contributed by atoms with van der Waals surface area (Å²) in [6, 6.07) is 15.7. The molecule has 2 N–H and O–H groups in total. The molecule has 22 heavy (non-hydrogen) atoms. The highest BCUT2D eigenvalue weighted by Gasteiger charge is 2.08. The van der Waals surface area contributed by atoms with Gasteiger partial charge < -0.3 is 15.2 Å². The van der Waals surface area contributed by atoms with Gasteiger partial charge in [-0.15, -0.1) is 0 Å². The van der Waals surface area contributed by atoms with Crippen molar-refractivity contribution in [2.45, 2.75) is 0 Å². The number of ether oxygens (including phenoxy) is 1. The Hall–Kier alpha value is -3.08. The van der Waals surface area contributed by atoms with E-state index in [-0.39, 0.29) is 24.0 Å². The second kappa shape index (κ2) is 6.13. The molecular formula is C17H14N2O3. The van der Waals surface area contributed by atoms with Crippen molar-refractivity contribution in [3.63, 3.8) is 0 Å². The van der Waals surface area contributed by atoms with Crippen LogP contribution >= 0.6 is 0 Å². The van der Waals surface area contributed by atoms with E-state index in [0.29, 0.717) is 5.69 Å². The number of para-hydroxylation sites is 2. The zero-order chi connectivity index (χ0) is 15.4. The van der Waals surface area contributed by atoms with E-state index < -0.39 is 0 Å². The molecule has 0 aliphatic carbocycles. The van der Waals surface area contributed by atoms with Gasteiger partial charge in [0.25, 0.3) is 5.91 Å². The maximum Gasteiger partial charge on any atom is 0.262 e. The van der Waals surface area contributed by atoms with Gasteiger partial charge in [0, 0.05) is 11.6 Å². The number of pyridine rings is 1. The van der Waals surface area contributed by atoms with Gasteiger partial charge in [-0.1, -0.05) is 18.2 Å². The Balaban J connectivity index is 1.70. The summed E-state index contributed by atoms with van der Waals surface area (Å²) >= 11 is 0. The highest BCUT2D eigenvalue weighted by Crippen LogP contribution is 2.24. The van der Waals surface area contributed by atoms with E-state index in [2.05, 4.69) is 10.3 Å². The Morgan fingerprint density at radius 1 is 1.09 bits per heavy atom. The van der Waals surface area contributed by atoms with E-state index in [1.807, 2.05) is 30.3 Å². The summed E-state index contributed by atoms with van der Waals surface area (Å²) in [5.74, 6) is -0.0264. The van der Waals surface area contributed by atoms with Crippen molar-refractivity contribution < 1.29 is 14.6 Å². The minimum absolute atomic E-state index is 0.00432. The largest absolute Gasteiger partial charge is 0.504 e. The molecule has 0 radical (unpaired) electrons. The molecule has 1 heterocycles. The zero-order valence-corrected chi connectivity index (χ0v) is 11.7. The maximum atomic E-state index is 12.0. The van der Waals surface area contributed by atoms with Gasteiger partial charge in [-0.2, -0.15) is 0 Å². The second-order valence-corrected chi connectivity index (χ2v) is 4.68. The van der Waals surface area contributed by atoms with Crippen LogP contribution in [0, 0.1) is 0 Å². The Morgan fingerprint density at radius 3 is 2.82 bits per heavy atom. The maximum absolute atomic E-state index is 12.0. The predicted molar refractivity (Wildman–Crippen MR) is 84.0 cm³/mol. The molecule has 0 saturated heterocycles.